The average Bonchev–Trinajstić information content (AvgIpc) is 3.26. The van der Waals surface area contributed by atoms with Gasteiger partial charge < -0.3 is 13.7 Å². The zero-order chi connectivity index (χ0) is 18.3. The number of nitrogens with zero attached hydrogens (tertiary/aromatic N) is 2. The lowest BCUT2D eigenvalue weighted by Gasteiger charge is -2.11. The molecule has 0 spiro atoms. The molecule has 0 atom stereocenters. The summed E-state index contributed by atoms with van der Waals surface area (Å²) >= 11 is 6.30. The van der Waals surface area contributed by atoms with Gasteiger partial charge in [0.25, 0.3) is 5.89 Å². The minimum Gasteiger partial charge on any atom is -0.489 e. The van der Waals surface area contributed by atoms with Gasteiger partial charge in [0.15, 0.2) is 0 Å². The van der Waals surface area contributed by atoms with E-state index in [4.69, 9.17) is 25.3 Å². The molecule has 5 nitrogen and oxygen atoms in total. The predicted molar refractivity (Wildman–Crippen MR) is 100 cm³/mol. The van der Waals surface area contributed by atoms with Crippen molar-refractivity contribution in [1.82, 2.24) is 10.1 Å². The minimum absolute atomic E-state index is 0.0484. The van der Waals surface area contributed by atoms with Crippen molar-refractivity contribution in [2.24, 2.45) is 0 Å². The van der Waals surface area contributed by atoms with Crippen LogP contribution in [0.25, 0.3) is 33.8 Å². The standard InChI is InChI=1S/C20H17ClN2O3/c1-11(2)25-17-7-5-13(10-16(17)21)20-22-19(23-26-20)15-6-4-12(3)18-14(15)8-9-24-18/h4-11H,1-3H3. The molecule has 0 bridgehead atoms. The molecule has 132 valence electrons. The van der Waals surface area contributed by atoms with Gasteiger partial charge in [-0.25, -0.2) is 0 Å². The number of ether oxygens (including phenoxy) is 1. The van der Waals surface area contributed by atoms with E-state index in [2.05, 4.69) is 10.1 Å². The Kier molecular flexibility index (Phi) is 4.17. The van der Waals surface area contributed by atoms with Gasteiger partial charge in [0.05, 0.1) is 17.4 Å². The van der Waals surface area contributed by atoms with Crippen LogP contribution < -0.4 is 4.74 Å². The largest absolute Gasteiger partial charge is 0.489 e. The minimum atomic E-state index is 0.0484. The second-order valence-corrected chi connectivity index (χ2v) is 6.74. The van der Waals surface area contributed by atoms with Crippen LogP contribution in [0.15, 0.2) is 51.6 Å². The summed E-state index contributed by atoms with van der Waals surface area (Å²) in [6.07, 6.45) is 1.71. The van der Waals surface area contributed by atoms with Gasteiger partial charge >= 0.3 is 0 Å². The SMILES string of the molecule is Cc1ccc(-c2noc(-c3ccc(OC(C)C)c(Cl)c3)n2)c2ccoc12. The molecule has 0 aliphatic carbocycles. The highest BCUT2D eigenvalue weighted by molar-refractivity contribution is 6.32. The van der Waals surface area contributed by atoms with E-state index >= 15 is 0 Å². The first kappa shape index (κ1) is 16.7. The van der Waals surface area contributed by atoms with Crippen LogP contribution in [0.2, 0.25) is 5.02 Å². The maximum Gasteiger partial charge on any atom is 0.258 e. The molecule has 0 unspecified atom stereocenters. The van der Waals surface area contributed by atoms with Crippen molar-refractivity contribution in [2.75, 3.05) is 0 Å². The monoisotopic (exact) mass is 368 g/mol. The van der Waals surface area contributed by atoms with Crippen molar-refractivity contribution >= 4 is 22.6 Å². The summed E-state index contributed by atoms with van der Waals surface area (Å²) in [6, 6.07) is 11.3. The van der Waals surface area contributed by atoms with Gasteiger partial charge in [-0.3, -0.25) is 0 Å². The number of hydrogen-bond acceptors (Lipinski definition) is 5. The molecule has 0 radical (unpaired) electrons. The molecular weight excluding hydrogens is 352 g/mol. The molecule has 2 aromatic carbocycles. The van der Waals surface area contributed by atoms with E-state index in [0.29, 0.717) is 22.5 Å². The van der Waals surface area contributed by atoms with Crippen molar-refractivity contribution in [2.45, 2.75) is 26.9 Å². The van der Waals surface area contributed by atoms with Crippen LogP contribution in [-0.2, 0) is 0 Å². The molecule has 6 heteroatoms. The predicted octanol–water partition coefficient (Wildman–Crippen LogP) is 5.90. The summed E-state index contributed by atoms with van der Waals surface area (Å²) in [4.78, 5) is 4.52. The highest BCUT2D eigenvalue weighted by Crippen LogP contribution is 2.33. The Morgan fingerprint density at radius 1 is 1.12 bits per heavy atom. The number of fused-ring (bicyclic) bond motifs is 1. The van der Waals surface area contributed by atoms with Crippen molar-refractivity contribution in [3.63, 3.8) is 0 Å². The van der Waals surface area contributed by atoms with Gasteiger partial charge in [-0.15, -0.1) is 0 Å². The first-order valence-corrected chi connectivity index (χ1v) is 8.68. The second-order valence-electron chi connectivity index (χ2n) is 6.33. The average molecular weight is 369 g/mol. The summed E-state index contributed by atoms with van der Waals surface area (Å²) in [7, 11) is 0. The van der Waals surface area contributed by atoms with Gasteiger partial charge in [-0.1, -0.05) is 22.8 Å². The molecule has 4 aromatic rings. The van der Waals surface area contributed by atoms with Crippen LogP contribution >= 0.6 is 11.6 Å². The van der Waals surface area contributed by atoms with Crippen LogP contribution in [0.5, 0.6) is 5.75 Å². The fourth-order valence-electron chi connectivity index (χ4n) is 2.83. The third-order valence-electron chi connectivity index (χ3n) is 4.02. The molecule has 4 rings (SSSR count). The summed E-state index contributed by atoms with van der Waals surface area (Å²) in [5.74, 6) is 1.53. The fraction of sp³-hybridized carbons (Fsp3) is 0.200. The van der Waals surface area contributed by atoms with E-state index in [-0.39, 0.29) is 6.10 Å². The second kappa shape index (κ2) is 6.50. The third-order valence-corrected chi connectivity index (χ3v) is 4.32. The molecule has 2 aromatic heterocycles. The first-order valence-electron chi connectivity index (χ1n) is 8.30. The quantitative estimate of drug-likeness (QED) is 0.448. The van der Waals surface area contributed by atoms with E-state index in [1.165, 1.54) is 0 Å². The Morgan fingerprint density at radius 2 is 1.96 bits per heavy atom. The van der Waals surface area contributed by atoms with Gasteiger partial charge in [0.2, 0.25) is 5.82 Å². The normalized spacial score (nSPS) is 11.4. The maximum atomic E-state index is 6.30. The molecule has 0 N–H and O–H groups in total. The molecule has 0 fully saturated rings. The number of halogens is 1. The highest BCUT2D eigenvalue weighted by atomic mass is 35.5. The molecule has 0 saturated heterocycles. The molecule has 0 aliphatic heterocycles. The summed E-state index contributed by atoms with van der Waals surface area (Å²) in [5, 5.41) is 5.58. The van der Waals surface area contributed by atoms with E-state index < -0.39 is 0 Å². The Bertz CT molecular complexity index is 1080. The molecular formula is C20H17ClN2O3. The van der Waals surface area contributed by atoms with Crippen LogP contribution in [0, 0.1) is 6.92 Å². The van der Waals surface area contributed by atoms with Crippen molar-refractivity contribution < 1.29 is 13.7 Å². The van der Waals surface area contributed by atoms with E-state index in [9.17, 15) is 0 Å². The Balaban J connectivity index is 1.71. The van der Waals surface area contributed by atoms with Gasteiger partial charge in [-0.05, 0) is 56.7 Å². The number of furan rings is 1. The first-order chi connectivity index (χ1) is 12.5. The van der Waals surface area contributed by atoms with Crippen molar-refractivity contribution in [3.05, 3.63) is 53.2 Å². The van der Waals surface area contributed by atoms with Gasteiger partial charge in [-0.2, -0.15) is 4.98 Å². The number of rotatable bonds is 4. The van der Waals surface area contributed by atoms with E-state index in [1.807, 2.05) is 51.1 Å². The third kappa shape index (κ3) is 2.95. The summed E-state index contributed by atoms with van der Waals surface area (Å²) < 4.78 is 16.6. The van der Waals surface area contributed by atoms with Crippen molar-refractivity contribution in [1.29, 1.82) is 0 Å². The molecule has 2 heterocycles. The Hall–Kier alpha value is -2.79. The summed E-state index contributed by atoms with van der Waals surface area (Å²) in [6.45, 7) is 5.90. The van der Waals surface area contributed by atoms with E-state index in [0.717, 1.165) is 27.7 Å². The lowest BCUT2D eigenvalue weighted by atomic mass is 10.1. The number of aromatic nitrogens is 2. The van der Waals surface area contributed by atoms with E-state index in [1.54, 1.807) is 12.3 Å². The van der Waals surface area contributed by atoms with Gasteiger partial charge in [0, 0.05) is 16.5 Å². The van der Waals surface area contributed by atoms with Crippen molar-refractivity contribution in [3.8, 4) is 28.6 Å². The molecule has 0 aliphatic rings. The molecule has 26 heavy (non-hydrogen) atoms. The van der Waals surface area contributed by atoms with Crippen LogP contribution in [0.4, 0.5) is 0 Å². The zero-order valence-electron chi connectivity index (χ0n) is 14.6. The number of benzene rings is 2. The van der Waals surface area contributed by atoms with Crippen LogP contribution in [-0.4, -0.2) is 16.2 Å². The Morgan fingerprint density at radius 3 is 2.73 bits per heavy atom. The maximum absolute atomic E-state index is 6.30. The lowest BCUT2D eigenvalue weighted by Crippen LogP contribution is -2.05. The molecule has 0 saturated carbocycles. The zero-order valence-corrected chi connectivity index (χ0v) is 15.4. The lowest BCUT2D eigenvalue weighted by molar-refractivity contribution is 0.242. The highest BCUT2D eigenvalue weighted by Gasteiger charge is 2.16. The number of aryl methyl sites for hydroxylation is 1. The summed E-state index contributed by atoms with van der Waals surface area (Å²) in [5.41, 5.74) is 3.48. The fourth-order valence-corrected chi connectivity index (χ4v) is 3.05. The Labute approximate surface area is 155 Å². The molecule has 0 amide bonds. The van der Waals surface area contributed by atoms with Crippen LogP contribution in [0.1, 0.15) is 19.4 Å². The smallest absolute Gasteiger partial charge is 0.258 e. The number of hydrogen-bond donors (Lipinski definition) is 0. The van der Waals surface area contributed by atoms with Gasteiger partial charge in [0.1, 0.15) is 11.3 Å². The van der Waals surface area contributed by atoms with Crippen LogP contribution in [0.3, 0.4) is 0 Å². The topological polar surface area (TPSA) is 61.3 Å².